The van der Waals surface area contributed by atoms with Gasteiger partial charge in [-0.05, 0) is 30.5 Å². The fourth-order valence-corrected chi connectivity index (χ4v) is 1.76. The molecule has 1 aromatic rings. The Morgan fingerprint density at radius 2 is 2.19 bits per heavy atom. The van der Waals surface area contributed by atoms with Gasteiger partial charge < -0.3 is 10.8 Å². The average Bonchev–Trinajstić information content (AvgIpc) is 3.02. The molecular formula is C12H15ClN2O. The number of aromatic hydroxyl groups is 1. The van der Waals surface area contributed by atoms with Gasteiger partial charge in [0, 0.05) is 11.6 Å². The molecule has 0 amide bonds. The molecule has 0 bridgehead atoms. The number of benzene rings is 1. The summed E-state index contributed by atoms with van der Waals surface area (Å²) in [6.07, 6.45) is 3.39. The first kappa shape index (κ1) is 12.8. The van der Waals surface area contributed by atoms with E-state index in [9.17, 15) is 5.11 Å². The van der Waals surface area contributed by atoms with Gasteiger partial charge >= 0.3 is 0 Å². The zero-order chi connectivity index (χ0) is 10.8. The smallest absolute Gasteiger partial charge is 0.120 e. The number of hydrogen-bond donors (Lipinski definition) is 2. The largest absolute Gasteiger partial charge is 0.508 e. The highest BCUT2D eigenvalue weighted by Crippen LogP contribution is 2.38. The summed E-state index contributed by atoms with van der Waals surface area (Å²) in [5.41, 5.74) is 7.24. The topological polar surface area (TPSA) is 70.0 Å². The first-order valence-electron chi connectivity index (χ1n) is 5.19. The molecule has 1 aliphatic rings. The SMILES string of the molecule is Cl.N#Cc1ccc(O)c([C@H](N)CC2CC2)c1. The van der Waals surface area contributed by atoms with Crippen LogP contribution in [0, 0.1) is 17.2 Å². The Hall–Kier alpha value is -1.24. The van der Waals surface area contributed by atoms with Gasteiger partial charge in [0.15, 0.2) is 0 Å². The van der Waals surface area contributed by atoms with Gasteiger partial charge in [0.25, 0.3) is 0 Å². The lowest BCUT2D eigenvalue weighted by Gasteiger charge is -2.13. The number of rotatable bonds is 3. The van der Waals surface area contributed by atoms with Crippen LogP contribution in [0.15, 0.2) is 18.2 Å². The van der Waals surface area contributed by atoms with Crippen LogP contribution in [-0.2, 0) is 0 Å². The minimum absolute atomic E-state index is 0. The summed E-state index contributed by atoms with van der Waals surface area (Å²) in [4.78, 5) is 0. The number of halogens is 1. The van der Waals surface area contributed by atoms with E-state index in [0.29, 0.717) is 17.0 Å². The summed E-state index contributed by atoms with van der Waals surface area (Å²) in [6, 6.07) is 6.73. The summed E-state index contributed by atoms with van der Waals surface area (Å²) in [5, 5.41) is 18.4. The van der Waals surface area contributed by atoms with Crippen molar-refractivity contribution in [2.45, 2.75) is 25.3 Å². The molecule has 3 nitrogen and oxygen atoms in total. The van der Waals surface area contributed by atoms with E-state index in [-0.39, 0.29) is 24.2 Å². The van der Waals surface area contributed by atoms with Crippen molar-refractivity contribution in [1.29, 1.82) is 5.26 Å². The molecule has 1 saturated carbocycles. The first-order chi connectivity index (χ1) is 7.20. The van der Waals surface area contributed by atoms with Crippen LogP contribution in [0.2, 0.25) is 0 Å². The third-order valence-electron chi connectivity index (χ3n) is 2.84. The number of nitriles is 1. The zero-order valence-corrected chi connectivity index (χ0v) is 9.70. The van der Waals surface area contributed by atoms with E-state index in [2.05, 4.69) is 6.07 Å². The van der Waals surface area contributed by atoms with Crippen LogP contribution in [-0.4, -0.2) is 5.11 Å². The van der Waals surface area contributed by atoms with Gasteiger partial charge in [0.2, 0.25) is 0 Å². The predicted octanol–water partition coefficient (Wildman–Crippen LogP) is 2.49. The summed E-state index contributed by atoms with van der Waals surface area (Å²) >= 11 is 0. The fourth-order valence-electron chi connectivity index (χ4n) is 1.76. The molecule has 0 unspecified atom stereocenters. The number of nitrogens with two attached hydrogens (primary N) is 1. The molecule has 2 rings (SSSR count). The fraction of sp³-hybridized carbons (Fsp3) is 0.417. The number of hydrogen-bond acceptors (Lipinski definition) is 3. The summed E-state index contributed by atoms with van der Waals surface area (Å²) in [5.74, 6) is 0.910. The second kappa shape index (κ2) is 5.20. The maximum absolute atomic E-state index is 9.64. The maximum Gasteiger partial charge on any atom is 0.120 e. The highest BCUT2D eigenvalue weighted by molar-refractivity contribution is 5.85. The molecule has 0 aliphatic heterocycles. The molecule has 0 heterocycles. The summed E-state index contributed by atoms with van der Waals surface area (Å²) in [7, 11) is 0. The second-order valence-corrected chi connectivity index (χ2v) is 4.17. The van der Waals surface area contributed by atoms with Gasteiger partial charge in [0.05, 0.1) is 11.6 Å². The number of nitrogens with zero attached hydrogens (tertiary/aromatic N) is 1. The Kier molecular flexibility index (Phi) is 4.17. The molecule has 1 fully saturated rings. The normalized spacial score (nSPS) is 16.0. The number of phenolic OH excluding ortho intramolecular Hbond substituents is 1. The lowest BCUT2D eigenvalue weighted by atomic mass is 9.99. The maximum atomic E-state index is 9.64. The van der Waals surface area contributed by atoms with Crippen LogP contribution in [0.3, 0.4) is 0 Å². The Bertz CT molecular complexity index is 410. The number of phenols is 1. The molecule has 16 heavy (non-hydrogen) atoms. The van der Waals surface area contributed by atoms with Crippen molar-refractivity contribution < 1.29 is 5.11 Å². The molecule has 4 heteroatoms. The van der Waals surface area contributed by atoms with Crippen molar-refractivity contribution in [3.05, 3.63) is 29.3 Å². The molecule has 0 saturated heterocycles. The third kappa shape index (κ3) is 2.88. The van der Waals surface area contributed by atoms with Crippen LogP contribution in [0.25, 0.3) is 0 Å². The molecule has 1 aliphatic carbocycles. The molecule has 3 N–H and O–H groups in total. The van der Waals surface area contributed by atoms with E-state index >= 15 is 0 Å². The van der Waals surface area contributed by atoms with Gasteiger partial charge in [-0.15, -0.1) is 12.4 Å². The predicted molar refractivity (Wildman–Crippen MR) is 64.3 cm³/mol. The molecule has 0 spiro atoms. The van der Waals surface area contributed by atoms with Crippen molar-refractivity contribution in [2.75, 3.05) is 0 Å². The molecular weight excluding hydrogens is 224 g/mol. The average molecular weight is 239 g/mol. The van der Waals surface area contributed by atoms with Crippen LogP contribution in [0.5, 0.6) is 5.75 Å². The lowest BCUT2D eigenvalue weighted by molar-refractivity contribution is 0.455. The van der Waals surface area contributed by atoms with E-state index < -0.39 is 0 Å². The van der Waals surface area contributed by atoms with E-state index in [1.165, 1.54) is 12.8 Å². The van der Waals surface area contributed by atoms with E-state index in [1.54, 1.807) is 18.2 Å². The molecule has 86 valence electrons. The van der Waals surface area contributed by atoms with E-state index in [0.717, 1.165) is 6.42 Å². The quantitative estimate of drug-likeness (QED) is 0.850. The molecule has 0 aromatic heterocycles. The van der Waals surface area contributed by atoms with Gasteiger partial charge in [0.1, 0.15) is 5.75 Å². The van der Waals surface area contributed by atoms with Crippen LogP contribution < -0.4 is 5.73 Å². The summed E-state index contributed by atoms with van der Waals surface area (Å²) < 4.78 is 0. The highest BCUT2D eigenvalue weighted by atomic mass is 35.5. The van der Waals surface area contributed by atoms with Gasteiger partial charge in [-0.3, -0.25) is 0 Å². The Morgan fingerprint density at radius 3 is 2.75 bits per heavy atom. The zero-order valence-electron chi connectivity index (χ0n) is 8.89. The molecule has 1 aromatic carbocycles. The lowest BCUT2D eigenvalue weighted by Crippen LogP contribution is -2.11. The third-order valence-corrected chi connectivity index (χ3v) is 2.84. The minimum atomic E-state index is -0.147. The Morgan fingerprint density at radius 1 is 1.50 bits per heavy atom. The van der Waals surface area contributed by atoms with Crippen LogP contribution in [0.4, 0.5) is 0 Å². The van der Waals surface area contributed by atoms with Crippen molar-refractivity contribution >= 4 is 12.4 Å². The van der Waals surface area contributed by atoms with Crippen molar-refractivity contribution in [3.63, 3.8) is 0 Å². The molecule has 0 radical (unpaired) electrons. The van der Waals surface area contributed by atoms with Gasteiger partial charge in [-0.1, -0.05) is 12.8 Å². The molecule has 1 atom stereocenters. The van der Waals surface area contributed by atoms with E-state index in [1.807, 2.05) is 0 Å². The van der Waals surface area contributed by atoms with E-state index in [4.69, 9.17) is 11.0 Å². The van der Waals surface area contributed by atoms with Crippen LogP contribution >= 0.6 is 12.4 Å². The van der Waals surface area contributed by atoms with Crippen molar-refractivity contribution in [2.24, 2.45) is 11.7 Å². The Balaban J connectivity index is 0.00000128. The van der Waals surface area contributed by atoms with Crippen LogP contribution in [0.1, 0.15) is 36.4 Å². The second-order valence-electron chi connectivity index (χ2n) is 4.17. The highest BCUT2D eigenvalue weighted by Gasteiger charge is 2.25. The van der Waals surface area contributed by atoms with Gasteiger partial charge in [-0.2, -0.15) is 5.26 Å². The Labute approximate surface area is 101 Å². The van der Waals surface area contributed by atoms with Crippen molar-refractivity contribution in [3.8, 4) is 11.8 Å². The minimum Gasteiger partial charge on any atom is -0.508 e. The monoisotopic (exact) mass is 238 g/mol. The van der Waals surface area contributed by atoms with Crippen molar-refractivity contribution in [1.82, 2.24) is 0 Å². The summed E-state index contributed by atoms with van der Waals surface area (Å²) in [6.45, 7) is 0. The van der Waals surface area contributed by atoms with Gasteiger partial charge in [-0.25, -0.2) is 0 Å². The first-order valence-corrected chi connectivity index (χ1v) is 5.19. The standard InChI is InChI=1S/C12H14N2O.ClH/c13-7-9-3-4-12(15)10(5-9)11(14)6-8-1-2-8;/h3-5,8,11,15H,1-2,6,14H2;1H/t11-;/m1./s1.